The van der Waals surface area contributed by atoms with Crippen LogP contribution < -0.4 is 15.4 Å². The molecule has 4 heteroatoms. The number of para-hydroxylation sites is 1. The van der Waals surface area contributed by atoms with Crippen LogP contribution in [0.3, 0.4) is 0 Å². The van der Waals surface area contributed by atoms with Crippen LogP contribution in [0.25, 0.3) is 0 Å². The van der Waals surface area contributed by atoms with Crippen molar-refractivity contribution in [3.8, 4) is 11.5 Å². The summed E-state index contributed by atoms with van der Waals surface area (Å²) in [6.45, 7) is 11.1. The van der Waals surface area contributed by atoms with Crippen molar-refractivity contribution in [1.29, 1.82) is 0 Å². The van der Waals surface area contributed by atoms with Crippen molar-refractivity contribution in [2.75, 3.05) is 10.6 Å². The topological polar surface area (TPSA) is 33.3 Å². The van der Waals surface area contributed by atoms with Crippen LogP contribution in [-0.2, 0) is 5.41 Å². The molecule has 0 aliphatic heterocycles. The normalized spacial score (nSPS) is 11.3. The Hall–Kier alpha value is -2.85. The predicted octanol–water partition coefficient (Wildman–Crippen LogP) is 8.10. The summed E-state index contributed by atoms with van der Waals surface area (Å²) in [4.78, 5) is 0. The fraction of sp³-hybridized carbons (Fsp3) is 0.296. The molecule has 0 heterocycles. The zero-order valence-electron chi connectivity index (χ0n) is 19.0. The number of anilines is 2. The molecule has 0 bridgehead atoms. The summed E-state index contributed by atoms with van der Waals surface area (Å²) < 4.78 is 6.00. The molecular formula is C27H32N2OS. The van der Waals surface area contributed by atoms with Crippen molar-refractivity contribution in [1.82, 2.24) is 0 Å². The van der Waals surface area contributed by atoms with E-state index in [-0.39, 0.29) is 5.41 Å². The summed E-state index contributed by atoms with van der Waals surface area (Å²) in [6.07, 6.45) is 1.10. The lowest BCUT2D eigenvalue weighted by Gasteiger charge is -2.23. The Bertz CT molecular complexity index is 1010. The van der Waals surface area contributed by atoms with E-state index < -0.39 is 0 Å². The van der Waals surface area contributed by atoms with Gasteiger partial charge in [-0.15, -0.1) is 0 Å². The Balaban J connectivity index is 1.60. The molecule has 3 nitrogen and oxygen atoms in total. The quantitative estimate of drug-likeness (QED) is 0.370. The first-order chi connectivity index (χ1) is 14.8. The molecule has 0 fully saturated rings. The molecule has 2 N–H and O–H groups in total. The van der Waals surface area contributed by atoms with E-state index in [0.717, 1.165) is 29.3 Å². The van der Waals surface area contributed by atoms with E-state index in [0.29, 0.717) is 11.0 Å². The molecule has 0 saturated carbocycles. The molecule has 0 atom stereocenters. The second-order valence-corrected chi connectivity index (χ2v) is 9.12. The molecule has 0 unspecified atom stereocenters. The predicted molar refractivity (Wildman–Crippen MR) is 137 cm³/mol. The Kier molecular flexibility index (Phi) is 7.34. The van der Waals surface area contributed by atoms with Gasteiger partial charge in [0.2, 0.25) is 0 Å². The second kappa shape index (κ2) is 9.97. The van der Waals surface area contributed by atoms with E-state index in [1.807, 2.05) is 54.6 Å². The highest BCUT2D eigenvalue weighted by molar-refractivity contribution is 7.80. The molecule has 0 aliphatic carbocycles. The number of ether oxygens (including phenoxy) is 1. The van der Waals surface area contributed by atoms with E-state index in [4.69, 9.17) is 17.0 Å². The zero-order valence-corrected chi connectivity index (χ0v) is 19.8. The number of nitrogens with one attached hydrogen (secondary N) is 2. The van der Waals surface area contributed by atoms with Gasteiger partial charge >= 0.3 is 0 Å². The Morgan fingerprint density at radius 1 is 0.871 bits per heavy atom. The summed E-state index contributed by atoms with van der Waals surface area (Å²) in [7, 11) is 0. The lowest BCUT2D eigenvalue weighted by atomic mass is 9.82. The smallest absolute Gasteiger partial charge is 0.175 e. The maximum atomic E-state index is 6.00. The van der Waals surface area contributed by atoms with Crippen molar-refractivity contribution in [3.63, 3.8) is 0 Å². The van der Waals surface area contributed by atoms with Crippen molar-refractivity contribution in [3.05, 3.63) is 83.9 Å². The highest BCUT2D eigenvalue weighted by atomic mass is 32.1. The van der Waals surface area contributed by atoms with Gasteiger partial charge in [0.05, 0.1) is 0 Å². The largest absolute Gasteiger partial charge is 0.457 e. The monoisotopic (exact) mass is 432 g/mol. The van der Waals surface area contributed by atoms with Gasteiger partial charge in [-0.3, -0.25) is 0 Å². The average Bonchev–Trinajstić information content (AvgIpc) is 2.75. The Morgan fingerprint density at radius 3 is 2.03 bits per heavy atom. The number of hydrogen-bond donors (Lipinski definition) is 2. The Morgan fingerprint density at radius 2 is 1.45 bits per heavy atom. The van der Waals surface area contributed by atoms with Gasteiger partial charge in [-0.1, -0.05) is 65.0 Å². The van der Waals surface area contributed by atoms with E-state index in [1.54, 1.807) is 0 Å². The van der Waals surface area contributed by atoms with Crippen LogP contribution in [0.5, 0.6) is 11.5 Å². The van der Waals surface area contributed by atoms with E-state index in [2.05, 4.69) is 63.5 Å². The van der Waals surface area contributed by atoms with Crippen LogP contribution in [0.1, 0.15) is 58.1 Å². The summed E-state index contributed by atoms with van der Waals surface area (Å²) in [6, 6.07) is 24.4. The van der Waals surface area contributed by atoms with Gasteiger partial charge in [0.25, 0.3) is 0 Å². The molecule has 3 aromatic carbocycles. The molecule has 0 aliphatic rings. The van der Waals surface area contributed by atoms with Gasteiger partial charge in [-0.25, -0.2) is 0 Å². The Labute approximate surface area is 191 Å². The minimum atomic E-state index is 0.175. The van der Waals surface area contributed by atoms with Crippen LogP contribution in [0.15, 0.2) is 72.8 Å². The molecule has 0 saturated heterocycles. The van der Waals surface area contributed by atoms with Crippen LogP contribution >= 0.6 is 12.2 Å². The number of thiocarbonyl (C=S) groups is 1. The van der Waals surface area contributed by atoms with Gasteiger partial charge in [-0.2, -0.15) is 0 Å². The number of benzene rings is 3. The van der Waals surface area contributed by atoms with Gasteiger partial charge in [0.15, 0.2) is 5.11 Å². The van der Waals surface area contributed by atoms with E-state index in [9.17, 15) is 0 Å². The van der Waals surface area contributed by atoms with Crippen LogP contribution in [-0.4, -0.2) is 5.11 Å². The lowest BCUT2D eigenvalue weighted by molar-refractivity contribution is 0.478. The summed E-state index contributed by atoms with van der Waals surface area (Å²) in [5, 5.41) is 7.11. The highest BCUT2D eigenvalue weighted by Crippen LogP contribution is 2.30. The third-order valence-corrected chi connectivity index (χ3v) is 5.90. The van der Waals surface area contributed by atoms with Crippen molar-refractivity contribution in [2.24, 2.45) is 0 Å². The van der Waals surface area contributed by atoms with E-state index in [1.165, 1.54) is 11.1 Å². The molecule has 0 amide bonds. The highest BCUT2D eigenvalue weighted by Gasteiger charge is 2.17. The molecular weight excluding hydrogens is 400 g/mol. The first-order valence-corrected chi connectivity index (χ1v) is 11.2. The zero-order chi connectivity index (χ0) is 22.4. The maximum absolute atomic E-state index is 6.00. The molecule has 0 radical (unpaired) electrons. The fourth-order valence-corrected chi connectivity index (χ4v) is 3.55. The van der Waals surface area contributed by atoms with Crippen molar-refractivity contribution in [2.45, 2.75) is 52.4 Å². The van der Waals surface area contributed by atoms with Gasteiger partial charge in [-0.05, 0) is 83.6 Å². The van der Waals surface area contributed by atoms with Crippen LogP contribution in [0.2, 0.25) is 0 Å². The van der Waals surface area contributed by atoms with Crippen LogP contribution in [0, 0.1) is 0 Å². The van der Waals surface area contributed by atoms with Gasteiger partial charge < -0.3 is 15.4 Å². The molecule has 162 valence electrons. The number of hydrogen-bond acceptors (Lipinski definition) is 2. The third-order valence-electron chi connectivity index (χ3n) is 5.70. The van der Waals surface area contributed by atoms with Gasteiger partial charge in [0, 0.05) is 11.4 Å². The average molecular weight is 433 g/mol. The first kappa shape index (κ1) is 22.8. The van der Waals surface area contributed by atoms with Crippen molar-refractivity contribution >= 4 is 28.7 Å². The van der Waals surface area contributed by atoms with Crippen LogP contribution in [0.4, 0.5) is 11.4 Å². The molecule has 0 aromatic heterocycles. The fourth-order valence-electron chi connectivity index (χ4n) is 3.32. The minimum absolute atomic E-state index is 0.175. The molecule has 31 heavy (non-hydrogen) atoms. The molecule has 3 rings (SSSR count). The standard InChI is InChI=1S/C27H32N2OS/c1-6-27(4,5)20-11-15-22(16-12-20)30-23-17-13-21(14-18-23)28-26(31)29-25-10-8-7-9-24(25)19(2)3/h7-19H,6H2,1-5H3,(H2,28,29,31). The lowest BCUT2D eigenvalue weighted by Crippen LogP contribution is -2.20. The first-order valence-electron chi connectivity index (χ1n) is 10.8. The third kappa shape index (κ3) is 6.08. The van der Waals surface area contributed by atoms with Gasteiger partial charge in [0.1, 0.15) is 11.5 Å². The molecule has 0 spiro atoms. The maximum Gasteiger partial charge on any atom is 0.175 e. The number of rotatable bonds is 7. The SMILES string of the molecule is CCC(C)(C)c1ccc(Oc2ccc(NC(=S)Nc3ccccc3C(C)C)cc2)cc1. The molecule has 3 aromatic rings. The second-order valence-electron chi connectivity index (χ2n) is 8.71. The summed E-state index contributed by atoms with van der Waals surface area (Å²) in [5.74, 6) is 2.04. The summed E-state index contributed by atoms with van der Waals surface area (Å²) in [5.41, 5.74) is 4.68. The van der Waals surface area contributed by atoms with E-state index >= 15 is 0 Å². The summed E-state index contributed by atoms with van der Waals surface area (Å²) >= 11 is 5.50. The van der Waals surface area contributed by atoms with Crippen molar-refractivity contribution < 1.29 is 4.74 Å². The minimum Gasteiger partial charge on any atom is -0.457 e.